The molecule has 0 aliphatic heterocycles. The Bertz CT molecular complexity index is 379. The van der Waals surface area contributed by atoms with Gasteiger partial charge >= 0.3 is 5.97 Å². The molecular formula is C16H22O2. The first-order valence-electron chi connectivity index (χ1n) is 6.42. The number of ether oxygens (including phenoxy) is 1. The molecule has 0 aliphatic carbocycles. The number of allylic oxidation sites excluding steroid dienone is 2. The summed E-state index contributed by atoms with van der Waals surface area (Å²) in [6.45, 7) is 4.25. The van der Waals surface area contributed by atoms with Crippen LogP contribution in [0.4, 0.5) is 0 Å². The van der Waals surface area contributed by atoms with Crippen molar-refractivity contribution in [2.24, 2.45) is 11.8 Å². The first kappa shape index (κ1) is 14.5. The molecule has 0 heterocycles. The maximum atomic E-state index is 11.7. The van der Waals surface area contributed by atoms with Gasteiger partial charge in [-0.3, -0.25) is 4.79 Å². The summed E-state index contributed by atoms with van der Waals surface area (Å²) in [5.41, 5.74) is 1.17. The molecule has 0 amide bonds. The molecule has 1 aromatic rings. The number of esters is 1. The Morgan fingerprint density at radius 3 is 2.50 bits per heavy atom. The van der Waals surface area contributed by atoms with Gasteiger partial charge in [-0.2, -0.15) is 0 Å². The summed E-state index contributed by atoms with van der Waals surface area (Å²) >= 11 is 0. The van der Waals surface area contributed by atoms with Crippen LogP contribution in [0.5, 0.6) is 0 Å². The zero-order valence-electron chi connectivity index (χ0n) is 11.4. The summed E-state index contributed by atoms with van der Waals surface area (Å²) in [5, 5.41) is 0. The standard InChI is InChI=1S/C16H22O2/c1-13(2)8-7-11-15(16(17)18-3)12-14-9-5-4-6-10-14/h4-10,13,15H,11-12H2,1-3H3/b8-7+. The second kappa shape index (κ2) is 7.70. The third-order valence-electron chi connectivity index (χ3n) is 2.80. The Kier molecular flexibility index (Phi) is 6.20. The summed E-state index contributed by atoms with van der Waals surface area (Å²) in [7, 11) is 1.45. The molecular weight excluding hydrogens is 224 g/mol. The van der Waals surface area contributed by atoms with Crippen molar-refractivity contribution in [2.45, 2.75) is 26.7 Å². The van der Waals surface area contributed by atoms with Crippen molar-refractivity contribution in [1.29, 1.82) is 0 Å². The van der Waals surface area contributed by atoms with Gasteiger partial charge in [-0.05, 0) is 24.3 Å². The van der Waals surface area contributed by atoms with Gasteiger partial charge in [-0.25, -0.2) is 0 Å². The zero-order valence-corrected chi connectivity index (χ0v) is 11.4. The van der Waals surface area contributed by atoms with Gasteiger partial charge in [-0.15, -0.1) is 0 Å². The molecule has 0 fully saturated rings. The van der Waals surface area contributed by atoms with Crippen LogP contribution >= 0.6 is 0 Å². The Hall–Kier alpha value is -1.57. The van der Waals surface area contributed by atoms with E-state index in [1.165, 1.54) is 12.7 Å². The van der Waals surface area contributed by atoms with E-state index in [1.54, 1.807) is 0 Å². The summed E-state index contributed by atoms with van der Waals surface area (Å²) < 4.78 is 4.87. The van der Waals surface area contributed by atoms with Gasteiger partial charge in [0.15, 0.2) is 0 Å². The number of carbonyl (C=O) groups is 1. The van der Waals surface area contributed by atoms with Gasteiger partial charge in [0.2, 0.25) is 0 Å². The van der Waals surface area contributed by atoms with Crippen molar-refractivity contribution in [3.8, 4) is 0 Å². The fourth-order valence-corrected chi connectivity index (χ4v) is 1.84. The minimum atomic E-state index is -0.132. The third-order valence-corrected chi connectivity index (χ3v) is 2.80. The molecule has 18 heavy (non-hydrogen) atoms. The van der Waals surface area contributed by atoms with E-state index in [9.17, 15) is 4.79 Å². The molecule has 0 spiro atoms. The van der Waals surface area contributed by atoms with Crippen molar-refractivity contribution < 1.29 is 9.53 Å². The molecule has 2 nitrogen and oxygen atoms in total. The molecule has 0 saturated heterocycles. The number of benzene rings is 1. The van der Waals surface area contributed by atoms with Crippen LogP contribution in [-0.4, -0.2) is 13.1 Å². The zero-order chi connectivity index (χ0) is 13.4. The Balaban J connectivity index is 2.64. The van der Waals surface area contributed by atoms with E-state index in [2.05, 4.69) is 26.0 Å². The molecule has 0 saturated carbocycles. The van der Waals surface area contributed by atoms with E-state index >= 15 is 0 Å². The van der Waals surface area contributed by atoms with Gasteiger partial charge in [0.05, 0.1) is 13.0 Å². The molecule has 0 aliphatic rings. The number of hydrogen-bond acceptors (Lipinski definition) is 2. The number of carbonyl (C=O) groups excluding carboxylic acids is 1. The molecule has 0 aromatic heterocycles. The molecule has 1 rings (SSSR count). The maximum Gasteiger partial charge on any atom is 0.309 e. The van der Waals surface area contributed by atoms with E-state index in [0.29, 0.717) is 5.92 Å². The first-order chi connectivity index (χ1) is 8.63. The molecule has 1 atom stereocenters. The normalized spacial score (nSPS) is 12.9. The summed E-state index contributed by atoms with van der Waals surface area (Å²) in [6, 6.07) is 10.1. The van der Waals surface area contributed by atoms with Crippen molar-refractivity contribution in [3.05, 3.63) is 48.0 Å². The lowest BCUT2D eigenvalue weighted by atomic mass is 9.95. The topological polar surface area (TPSA) is 26.3 Å². The van der Waals surface area contributed by atoms with Crippen LogP contribution in [0.3, 0.4) is 0 Å². The monoisotopic (exact) mass is 246 g/mol. The van der Waals surface area contributed by atoms with Crippen molar-refractivity contribution >= 4 is 5.97 Å². The van der Waals surface area contributed by atoms with E-state index < -0.39 is 0 Å². The minimum Gasteiger partial charge on any atom is -0.469 e. The quantitative estimate of drug-likeness (QED) is 0.566. The fourth-order valence-electron chi connectivity index (χ4n) is 1.84. The van der Waals surface area contributed by atoms with E-state index in [4.69, 9.17) is 4.74 Å². The number of rotatable bonds is 6. The van der Waals surface area contributed by atoms with E-state index in [1.807, 2.05) is 30.3 Å². The van der Waals surface area contributed by atoms with Crippen LogP contribution < -0.4 is 0 Å². The second-order valence-electron chi connectivity index (χ2n) is 4.82. The lowest BCUT2D eigenvalue weighted by molar-refractivity contribution is -0.145. The van der Waals surface area contributed by atoms with Crippen molar-refractivity contribution in [1.82, 2.24) is 0 Å². The molecule has 0 N–H and O–H groups in total. The minimum absolute atomic E-state index is 0.0904. The average Bonchev–Trinajstić information content (AvgIpc) is 2.37. The Morgan fingerprint density at radius 2 is 1.94 bits per heavy atom. The molecule has 1 aromatic carbocycles. The smallest absolute Gasteiger partial charge is 0.309 e. The summed E-state index contributed by atoms with van der Waals surface area (Å²) in [5.74, 6) is 0.291. The Morgan fingerprint density at radius 1 is 1.28 bits per heavy atom. The molecule has 1 unspecified atom stereocenters. The highest BCUT2D eigenvalue weighted by molar-refractivity contribution is 5.72. The van der Waals surface area contributed by atoms with E-state index in [-0.39, 0.29) is 11.9 Å². The van der Waals surface area contributed by atoms with Gasteiger partial charge in [0.1, 0.15) is 0 Å². The molecule has 98 valence electrons. The van der Waals surface area contributed by atoms with Gasteiger partial charge < -0.3 is 4.74 Å². The van der Waals surface area contributed by atoms with Crippen molar-refractivity contribution in [3.63, 3.8) is 0 Å². The fraction of sp³-hybridized carbons (Fsp3) is 0.438. The largest absolute Gasteiger partial charge is 0.469 e. The van der Waals surface area contributed by atoms with Gasteiger partial charge in [0.25, 0.3) is 0 Å². The molecule has 2 heteroatoms. The second-order valence-corrected chi connectivity index (χ2v) is 4.82. The first-order valence-corrected chi connectivity index (χ1v) is 6.42. The highest BCUT2D eigenvalue weighted by atomic mass is 16.5. The van der Waals surface area contributed by atoms with E-state index in [0.717, 1.165) is 12.8 Å². The SMILES string of the molecule is COC(=O)C(C/C=C/C(C)C)Cc1ccccc1. The Labute approximate surface area is 110 Å². The lowest BCUT2D eigenvalue weighted by Crippen LogP contribution is -2.18. The van der Waals surface area contributed by atoms with Gasteiger partial charge in [0, 0.05) is 0 Å². The van der Waals surface area contributed by atoms with Crippen LogP contribution in [0, 0.1) is 11.8 Å². The number of hydrogen-bond donors (Lipinski definition) is 0. The highest BCUT2D eigenvalue weighted by Crippen LogP contribution is 2.15. The molecule has 0 bridgehead atoms. The average molecular weight is 246 g/mol. The third kappa shape index (κ3) is 5.17. The summed E-state index contributed by atoms with van der Waals surface area (Å²) in [6.07, 6.45) is 5.67. The van der Waals surface area contributed by atoms with Crippen LogP contribution in [0.2, 0.25) is 0 Å². The predicted molar refractivity (Wildman–Crippen MR) is 74.2 cm³/mol. The van der Waals surface area contributed by atoms with Crippen LogP contribution in [0.25, 0.3) is 0 Å². The van der Waals surface area contributed by atoms with Crippen LogP contribution in [0.15, 0.2) is 42.5 Å². The maximum absolute atomic E-state index is 11.7. The number of methoxy groups -OCH3 is 1. The van der Waals surface area contributed by atoms with Gasteiger partial charge in [-0.1, -0.05) is 56.3 Å². The predicted octanol–water partition coefficient (Wildman–Crippen LogP) is 3.62. The van der Waals surface area contributed by atoms with Crippen LogP contribution in [-0.2, 0) is 16.0 Å². The highest BCUT2D eigenvalue weighted by Gasteiger charge is 2.18. The van der Waals surface area contributed by atoms with Crippen LogP contribution in [0.1, 0.15) is 25.8 Å². The molecule has 0 radical (unpaired) electrons. The van der Waals surface area contributed by atoms with Crippen molar-refractivity contribution in [2.75, 3.05) is 7.11 Å². The summed E-state index contributed by atoms with van der Waals surface area (Å²) in [4.78, 5) is 11.7. The lowest BCUT2D eigenvalue weighted by Gasteiger charge is -2.12.